The molecule has 1 aliphatic heterocycles. The van der Waals surface area contributed by atoms with Crippen molar-refractivity contribution >= 4 is 5.97 Å². The molecule has 1 heterocycles. The molecule has 120 valence electrons. The van der Waals surface area contributed by atoms with Gasteiger partial charge >= 0.3 is 5.97 Å². The third-order valence-electron chi connectivity index (χ3n) is 4.96. The van der Waals surface area contributed by atoms with Crippen molar-refractivity contribution in [3.05, 3.63) is 35.6 Å². The van der Waals surface area contributed by atoms with Crippen LogP contribution in [0.2, 0.25) is 0 Å². The Balaban J connectivity index is 1.76. The van der Waals surface area contributed by atoms with Crippen molar-refractivity contribution in [2.45, 2.75) is 31.2 Å². The second-order valence-corrected chi connectivity index (χ2v) is 6.59. The molecule has 3 rings (SSSR count). The average molecular weight is 307 g/mol. The van der Waals surface area contributed by atoms with Gasteiger partial charge in [-0.3, -0.25) is 9.69 Å². The van der Waals surface area contributed by atoms with Crippen molar-refractivity contribution in [3.63, 3.8) is 0 Å². The Labute approximate surface area is 129 Å². The summed E-state index contributed by atoms with van der Waals surface area (Å²) in [4.78, 5) is 13.5. The number of carboxylic acid groups (broad SMARTS) is 1. The molecule has 1 saturated heterocycles. The summed E-state index contributed by atoms with van der Waals surface area (Å²) in [6, 6.07) is 5.93. The van der Waals surface area contributed by atoms with E-state index >= 15 is 0 Å². The average Bonchev–Trinajstić information content (AvgIpc) is 3.21. The number of aliphatic carboxylic acids is 1. The van der Waals surface area contributed by atoms with Crippen LogP contribution in [0.15, 0.2) is 24.3 Å². The molecule has 2 N–H and O–H groups in total. The Morgan fingerprint density at radius 3 is 2.73 bits per heavy atom. The normalized spacial score (nSPS) is 27.0. The number of carbonyl (C=O) groups is 1. The van der Waals surface area contributed by atoms with Crippen LogP contribution in [-0.4, -0.2) is 46.8 Å². The second-order valence-electron chi connectivity index (χ2n) is 6.59. The Hall–Kier alpha value is -1.46. The van der Waals surface area contributed by atoms with E-state index in [1.54, 1.807) is 6.07 Å². The van der Waals surface area contributed by atoms with Gasteiger partial charge in [0.15, 0.2) is 0 Å². The molecule has 1 aromatic rings. The number of carboxylic acids is 1. The molecule has 1 aliphatic carbocycles. The fourth-order valence-electron chi connectivity index (χ4n) is 3.53. The number of hydrogen-bond acceptors (Lipinski definition) is 3. The molecule has 0 radical (unpaired) electrons. The number of benzene rings is 1. The van der Waals surface area contributed by atoms with Gasteiger partial charge in [-0.15, -0.1) is 0 Å². The maximum atomic E-state index is 13.4. The molecule has 22 heavy (non-hydrogen) atoms. The monoisotopic (exact) mass is 307 g/mol. The summed E-state index contributed by atoms with van der Waals surface area (Å²) in [6.07, 6.45) is 2.92. The van der Waals surface area contributed by atoms with Gasteiger partial charge in [0.1, 0.15) is 11.9 Å². The van der Waals surface area contributed by atoms with Crippen LogP contribution in [0.4, 0.5) is 4.39 Å². The van der Waals surface area contributed by atoms with Crippen LogP contribution >= 0.6 is 0 Å². The Morgan fingerprint density at radius 1 is 1.36 bits per heavy atom. The molecule has 0 bridgehead atoms. The van der Waals surface area contributed by atoms with Gasteiger partial charge in [0.2, 0.25) is 0 Å². The molecule has 1 saturated carbocycles. The number of likely N-dealkylation sites (tertiary alicyclic amines) is 1. The van der Waals surface area contributed by atoms with Gasteiger partial charge in [0.25, 0.3) is 0 Å². The van der Waals surface area contributed by atoms with Crippen molar-refractivity contribution in [3.8, 4) is 0 Å². The highest BCUT2D eigenvalue weighted by Gasteiger charge is 2.41. The minimum Gasteiger partial charge on any atom is -0.480 e. The topological polar surface area (TPSA) is 60.8 Å². The third kappa shape index (κ3) is 3.31. The molecule has 3 atom stereocenters. The number of rotatable bonds is 6. The van der Waals surface area contributed by atoms with Crippen molar-refractivity contribution < 1.29 is 19.4 Å². The van der Waals surface area contributed by atoms with E-state index in [4.69, 9.17) is 0 Å². The molecule has 2 aliphatic rings. The maximum Gasteiger partial charge on any atom is 0.320 e. The molecule has 0 spiro atoms. The SMILES string of the molecule is O=C(O)[C@@H](CC1CC1)N1C[C@H](CO)[C@@H](c2cccc(F)c2)C1. The quantitative estimate of drug-likeness (QED) is 0.845. The number of hydrogen-bond donors (Lipinski definition) is 2. The van der Waals surface area contributed by atoms with Gasteiger partial charge in [0, 0.05) is 31.5 Å². The molecule has 0 unspecified atom stereocenters. The molecule has 2 fully saturated rings. The predicted molar refractivity (Wildman–Crippen MR) is 80.1 cm³/mol. The smallest absolute Gasteiger partial charge is 0.320 e. The van der Waals surface area contributed by atoms with Crippen molar-refractivity contribution in [2.75, 3.05) is 19.7 Å². The Kier molecular flexibility index (Phi) is 4.45. The highest BCUT2D eigenvalue weighted by atomic mass is 19.1. The number of aliphatic hydroxyl groups is 1. The summed E-state index contributed by atoms with van der Waals surface area (Å²) < 4.78 is 13.4. The lowest BCUT2D eigenvalue weighted by atomic mass is 9.89. The molecule has 0 aromatic heterocycles. The van der Waals surface area contributed by atoms with Crippen LogP contribution in [0.5, 0.6) is 0 Å². The lowest BCUT2D eigenvalue weighted by molar-refractivity contribution is -0.143. The third-order valence-corrected chi connectivity index (χ3v) is 4.96. The first kappa shape index (κ1) is 15.4. The van der Waals surface area contributed by atoms with E-state index in [1.165, 1.54) is 12.1 Å². The van der Waals surface area contributed by atoms with Gasteiger partial charge in [0.05, 0.1) is 0 Å². The molecular weight excluding hydrogens is 285 g/mol. The van der Waals surface area contributed by atoms with Gasteiger partial charge in [-0.25, -0.2) is 4.39 Å². The van der Waals surface area contributed by atoms with Crippen LogP contribution in [0.25, 0.3) is 0 Å². The summed E-state index contributed by atoms with van der Waals surface area (Å²) in [5, 5.41) is 19.1. The first-order valence-corrected chi connectivity index (χ1v) is 7.91. The van der Waals surface area contributed by atoms with E-state index in [2.05, 4.69) is 0 Å². The van der Waals surface area contributed by atoms with Crippen molar-refractivity contribution in [2.24, 2.45) is 11.8 Å². The molecule has 0 amide bonds. The zero-order chi connectivity index (χ0) is 15.7. The zero-order valence-corrected chi connectivity index (χ0v) is 12.5. The molecule has 1 aromatic carbocycles. The van der Waals surface area contributed by atoms with E-state index in [1.807, 2.05) is 11.0 Å². The zero-order valence-electron chi connectivity index (χ0n) is 12.5. The first-order valence-electron chi connectivity index (χ1n) is 7.91. The van der Waals surface area contributed by atoms with Gasteiger partial charge in [-0.2, -0.15) is 0 Å². The summed E-state index contributed by atoms with van der Waals surface area (Å²) in [7, 11) is 0. The summed E-state index contributed by atoms with van der Waals surface area (Å²) in [5.74, 6) is -0.601. The van der Waals surface area contributed by atoms with E-state index in [0.717, 1.165) is 18.4 Å². The fourth-order valence-corrected chi connectivity index (χ4v) is 3.53. The number of halogens is 1. The second kappa shape index (κ2) is 6.34. The maximum absolute atomic E-state index is 13.4. The lowest BCUT2D eigenvalue weighted by Crippen LogP contribution is -2.40. The van der Waals surface area contributed by atoms with Crippen LogP contribution < -0.4 is 0 Å². The van der Waals surface area contributed by atoms with Gasteiger partial charge < -0.3 is 10.2 Å². The summed E-state index contributed by atoms with van der Waals surface area (Å²) in [6.45, 7) is 1.12. The van der Waals surface area contributed by atoms with E-state index < -0.39 is 12.0 Å². The van der Waals surface area contributed by atoms with Crippen LogP contribution in [0.1, 0.15) is 30.7 Å². The fraction of sp³-hybridized carbons (Fsp3) is 0.588. The Bertz CT molecular complexity index is 546. The largest absolute Gasteiger partial charge is 0.480 e. The number of aliphatic hydroxyl groups excluding tert-OH is 1. The van der Waals surface area contributed by atoms with Crippen LogP contribution in [0, 0.1) is 17.7 Å². The van der Waals surface area contributed by atoms with Crippen LogP contribution in [-0.2, 0) is 4.79 Å². The Morgan fingerprint density at radius 2 is 2.14 bits per heavy atom. The summed E-state index contributed by atoms with van der Waals surface area (Å²) >= 11 is 0. The standard InChI is InChI=1S/C17H22FNO3/c18-14-3-1-2-12(7-14)15-9-19(8-13(15)10-20)16(17(21)22)6-11-4-5-11/h1-3,7,11,13,15-16,20H,4-6,8-10H2,(H,21,22)/t13-,15-,16-/m1/s1. The highest BCUT2D eigenvalue weighted by Crippen LogP contribution is 2.38. The minimum absolute atomic E-state index is 0.00650. The van der Waals surface area contributed by atoms with Gasteiger partial charge in [-0.05, 0) is 30.0 Å². The van der Waals surface area contributed by atoms with E-state index in [9.17, 15) is 19.4 Å². The van der Waals surface area contributed by atoms with Crippen molar-refractivity contribution in [1.82, 2.24) is 4.90 Å². The predicted octanol–water partition coefficient (Wildman–Crippen LogP) is 2.09. The number of nitrogens with zero attached hydrogens (tertiary/aromatic N) is 1. The van der Waals surface area contributed by atoms with Gasteiger partial charge in [-0.1, -0.05) is 25.0 Å². The highest BCUT2D eigenvalue weighted by molar-refractivity contribution is 5.73. The summed E-state index contributed by atoms with van der Waals surface area (Å²) in [5.41, 5.74) is 0.845. The lowest BCUT2D eigenvalue weighted by Gasteiger charge is -2.24. The van der Waals surface area contributed by atoms with Crippen molar-refractivity contribution in [1.29, 1.82) is 0 Å². The minimum atomic E-state index is -0.788. The van der Waals surface area contributed by atoms with E-state index in [-0.39, 0.29) is 24.3 Å². The molecule has 5 heteroatoms. The first-order chi connectivity index (χ1) is 10.6. The molecule has 4 nitrogen and oxygen atoms in total. The molecular formula is C17H22FNO3. The van der Waals surface area contributed by atoms with Crippen LogP contribution in [0.3, 0.4) is 0 Å². The van der Waals surface area contributed by atoms with E-state index in [0.29, 0.717) is 25.4 Å².